The zero-order valence-corrected chi connectivity index (χ0v) is 6.21. The van der Waals surface area contributed by atoms with Crippen LogP contribution in [-0.2, 0) is 4.79 Å². The largest absolute Gasteiger partial charge is 0.295 e. The molecule has 0 amide bonds. The number of allylic oxidation sites excluding steroid dienone is 3. The second-order valence-electron chi connectivity index (χ2n) is 1.69. The van der Waals surface area contributed by atoms with Crippen LogP contribution in [0.1, 0.15) is 6.42 Å². The molecule has 0 aromatic heterocycles. The van der Waals surface area contributed by atoms with E-state index in [9.17, 15) is 4.79 Å². The maximum absolute atomic E-state index is 10.5. The molecule has 0 saturated carbocycles. The third-order valence-electron chi connectivity index (χ3n) is 1.03. The van der Waals surface area contributed by atoms with Crippen LogP contribution < -0.4 is 0 Å². The molecule has 0 aliphatic heterocycles. The van der Waals surface area contributed by atoms with Crippen molar-refractivity contribution in [1.82, 2.24) is 0 Å². The van der Waals surface area contributed by atoms with Gasteiger partial charge in [-0.2, -0.15) is 0 Å². The highest BCUT2D eigenvalue weighted by Gasteiger charge is 2.01. The Morgan fingerprint density at radius 3 is 2.78 bits per heavy atom. The van der Waals surface area contributed by atoms with Crippen molar-refractivity contribution in [3.05, 3.63) is 23.1 Å². The number of hydrogen-bond acceptors (Lipinski definition) is 2. The van der Waals surface area contributed by atoms with Crippen molar-refractivity contribution >= 4 is 27.4 Å². The minimum absolute atomic E-state index is 0.143. The molecule has 0 N–H and O–H groups in total. The maximum Gasteiger partial charge on any atom is 0.159 e. The van der Waals surface area contributed by atoms with Crippen LogP contribution in [0.25, 0.3) is 0 Å². The average molecular weight is 161 g/mol. The monoisotopic (exact) mass is 160 g/mol. The Morgan fingerprint density at radius 2 is 2.33 bits per heavy atom. The molecule has 0 bridgehead atoms. The quantitative estimate of drug-likeness (QED) is 0.586. The van der Waals surface area contributed by atoms with Crippen molar-refractivity contribution < 1.29 is 4.79 Å². The first-order chi connectivity index (χ1) is 4.33. The lowest BCUT2D eigenvalue weighted by Crippen LogP contribution is -1.93. The van der Waals surface area contributed by atoms with E-state index in [0.29, 0.717) is 6.42 Å². The predicted octanol–water partition coefficient (Wildman–Crippen LogP) is 2.29. The van der Waals surface area contributed by atoms with Gasteiger partial charge in [-0.25, -0.2) is 0 Å². The number of halogens is 1. The Balaban J connectivity index is 2.63. The van der Waals surface area contributed by atoms with Crippen molar-refractivity contribution in [3.8, 4) is 0 Å². The van der Waals surface area contributed by atoms with Crippen LogP contribution in [0.15, 0.2) is 23.1 Å². The van der Waals surface area contributed by atoms with Gasteiger partial charge in [-0.1, -0.05) is 6.08 Å². The number of rotatable bonds is 1. The summed E-state index contributed by atoms with van der Waals surface area (Å²) in [6.45, 7) is 0. The van der Waals surface area contributed by atoms with Gasteiger partial charge in [0.15, 0.2) is 5.78 Å². The van der Waals surface area contributed by atoms with Crippen LogP contribution in [-0.4, -0.2) is 5.78 Å². The SMILES string of the molecule is O=C1C=CC(SCl)=CC1. The van der Waals surface area contributed by atoms with Crippen LogP contribution in [0.4, 0.5) is 0 Å². The van der Waals surface area contributed by atoms with Gasteiger partial charge in [0.1, 0.15) is 0 Å². The fourth-order valence-electron chi connectivity index (χ4n) is 0.570. The highest BCUT2D eigenvalue weighted by Crippen LogP contribution is 2.23. The fourth-order valence-corrected chi connectivity index (χ4v) is 1.18. The maximum atomic E-state index is 10.5. The van der Waals surface area contributed by atoms with Crippen LogP contribution in [0, 0.1) is 0 Å². The molecule has 0 radical (unpaired) electrons. The van der Waals surface area contributed by atoms with Gasteiger partial charge in [-0.15, -0.1) is 0 Å². The van der Waals surface area contributed by atoms with Crippen LogP contribution >= 0.6 is 21.7 Å². The molecule has 1 aliphatic rings. The van der Waals surface area contributed by atoms with E-state index in [0.717, 1.165) is 15.9 Å². The predicted molar refractivity (Wildman–Crippen MR) is 40.3 cm³/mol. The van der Waals surface area contributed by atoms with E-state index >= 15 is 0 Å². The molecule has 9 heavy (non-hydrogen) atoms. The van der Waals surface area contributed by atoms with Crippen molar-refractivity contribution in [2.75, 3.05) is 0 Å². The van der Waals surface area contributed by atoms with E-state index in [1.807, 2.05) is 6.08 Å². The third kappa shape index (κ3) is 1.88. The minimum atomic E-state index is 0.143. The molecule has 0 atom stereocenters. The summed E-state index contributed by atoms with van der Waals surface area (Å²) in [6.07, 6.45) is 5.58. The molecule has 3 heteroatoms. The summed E-state index contributed by atoms with van der Waals surface area (Å²) in [5.41, 5.74) is 0. The van der Waals surface area contributed by atoms with Crippen LogP contribution in [0.5, 0.6) is 0 Å². The van der Waals surface area contributed by atoms with Crippen molar-refractivity contribution in [3.63, 3.8) is 0 Å². The van der Waals surface area contributed by atoms with Gasteiger partial charge in [-0.3, -0.25) is 4.79 Å². The van der Waals surface area contributed by atoms with Crippen molar-refractivity contribution in [2.24, 2.45) is 0 Å². The molecule has 1 rings (SSSR count). The van der Waals surface area contributed by atoms with Gasteiger partial charge in [0, 0.05) is 11.3 Å². The summed E-state index contributed by atoms with van der Waals surface area (Å²) >= 11 is 0. The van der Waals surface area contributed by atoms with E-state index in [1.54, 1.807) is 12.2 Å². The normalized spacial score (nSPS) is 17.9. The van der Waals surface area contributed by atoms with E-state index in [1.165, 1.54) is 0 Å². The Bertz CT molecular complexity index is 183. The van der Waals surface area contributed by atoms with Gasteiger partial charge in [0.05, 0.1) is 0 Å². The molecule has 48 valence electrons. The summed E-state index contributed by atoms with van der Waals surface area (Å²) in [5.74, 6) is 0.143. The van der Waals surface area contributed by atoms with Crippen molar-refractivity contribution in [2.45, 2.75) is 6.42 Å². The summed E-state index contributed by atoms with van der Waals surface area (Å²) in [6, 6.07) is 0. The number of carbonyl (C=O) groups is 1. The molecule has 0 aromatic carbocycles. The summed E-state index contributed by atoms with van der Waals surface area (Å²) in [4.78, 5) is 11.5. The molecule has 0 spiro atoms. The lowest BCUT2D eigenvalue weighted by molar-refractivity contribution is -0.113. The molecular formula is C6H5ClOS. The summed E-state index contributed by atoms with van der Waals surface area (Å²) < 4.78 is 0. The molecule has 0 fully saturated rings. The van der Waals surface area contributed by atoms with Gasteiger partial charge < -0.3 is 0 Å². The van der Waals surface area contributed by atoms with Crippen LogP contribution in [0.3, 0.4) is 0 Å². The standard InChI is InChI=1S/C6H5ClOS/c7-9-6-3-1-5(8)2-4-6/h1,3-4H,2H2. The first kappa shape index (κ1) is 6.90. The molecule has 1 aliphatic carbocycles. The smallest absolute Gasteiger partial charge is 0.159 e. The summed E-state index contributed by atoms with van der Waals surface area (Å²) in [5, 5.41) is 0. The number of ketones is 1. The number of hydrogen-bond donors (Lipinski definition) is 0. The van der Waals surface area contributed by atoms with Gasteiger partial charge in [0.25, 0.3) is 0 Å². The Morgan fingerprint density at radius 1 is 1.56 bits per heavy atom. The molecule has 0 unspecified atom stereocenters. The fraction of sp³-hybridized carbons (Fsp3) is 0.167. The van der Waals surface area contributed by atoms with Gasteiger partial charge in [0.2, 0.25) is 0 Å². The third-order valence-corrected chi connectivity index (χ3v) is 2.04. The lowest BCUT2D eigenvalue weighted by atomic mass is 10.2. The average Bonchev–Trinajstić information content (AvgIpc) is 1.90. The molecule has 1 nitrogen and oxygen atoms in total. The summed E-state index contributed by atoms with van der Waals surface area (Å²) in [7, 11) is 6.56. The molecule has 0 aromatic rings. The Hall–Kier alpha value is -0.210. The molecule has 0 saturated heterocycles. The number of carbonyl (C=O) groups excluding carboxylic acids is 1. The highest BCUT2D eigenvalue weighted by atomic mass is 35.7. The van der Waals surface area contributed by atoms with E-state index < -0.39 is 0 Å². The van der Waals surface area contributed by atoms with E-state index in [2.05, 4.69) is 0 Å². The van der Waals surface area contributed by atoms with E-state index in [4.69, 9.17) is 10.7 Å². The molecular weight excluding hydrogens is 156 g/mol. The highest BCUT2D eigenvalue weighted by molar-refractivity contribution is 8.24. The van der Waals surface area contributed by atoms with Crippen molar-refractivity contribution in [1.29, 1.82) is 0 Å². The second-order valence-corrected chi connectivity index (χ2v) is 2.78. The zero-order valence-electron chi connectivity index (χ0n) is 4.63. The Labute approximate surface area is 62.3 Å². The molecule has 0 heterocycles. The lowest BCUT2D eigenvalue weighted by Gasteiger charge is -1.98. The first-order valence-electron chi connectivity index (χ1n) is 2.52. The topological polar surface area (TPSA) is 17.1 Å². The first-order valence-corrected chi connectivity index (χ1v) is 4.17. The minimum Gasteiger partial charge on any atom is -0.295 e. The second kappa shape index (κ2) is 3.08. The Kier molecular flexibility index (Phi) is 2.37. The van der Waals surface area contributed by atoms with E-state index in [-0.39, 0.29) is 5.78 Å². The van der Waals surface area contributed by atoms with Crippen LogP contribution in [0.2, 0.25) is 0 Å². The van der Waals surface area contributed by atoms with Gasteiger partial charge in [-0.05, 0) is 33.8 Å². The zero-order chi connectivity index (χ0) is 6.69. The van der Waals surface area contributed by atoms with Gasteiger partial charge >= 0.3 is 0 Å².